The van der Waals surface area contributed by atoms with Gasteiger partial charge >= 0.3 is 0 Å². The van der Waals surface area contributed by atoms with Crippen molar-refractivity contribution in [1.29, 1.82) is 0 Å². The molecular formula is C18H29N3O. The SMILES string of the molecule is CCN(CC)c1ccc(C(=O)NN=C(C)CCC(C)C)cc1. The highest BCUT2D eigenvalue weighted by Crippen LogP contribution is 2.14. The zero-order chi connectivity index (χ0) is 16.5. The number of carbonyl (C=O) groups excluding carboxylic acids is 1. The number of hydrogen-bond acceptors (Lipinski definition) is 3. The van der Waals surface area contributed by atoms with Crippen molar-refractivity contribution in [2.45, 2.75) is 47.5 Å². The van der Waals surface area contributed by atoms with Crippen LogP contribution in [0.5, 0.6) is 0 Å². The molecule has 4 heteroatoms. The van der Waals surface area contributed by atoms with Gasteiger partial charge in [0.2, 0.25) is 0 Å². The van der Waals surface area contributed by atoms with Gasteiger partial charge in [0, 0.05) is 30.1 Å². The zero-order valence-corrected chi connectivity index (χ0v) is 14.5. The van der Waals surface area contributed by atoms with Crippen molar-refractivity contribution in [1.82, 2.24) is 5.43 Å². The first-order valence-electron chi connectivity index (χ1n) is 8.16. The van der Waals surface area contributed by atoms with Crippen molar-refractivity contribution in [2.24, 2.45) is 11.0 Å². The number of anilines is 1. The van der Waals surface area contributed by atoms with E-state index in [0.29, 0.717) is 11.5 Å². The van der Waals surface area contributed by atoms with Crippen LogP contribution in [0.1, 0.15) is 57.8 Å². The van der Waals surface area contributed by atoms with Gasteiger partial charge in [0.05, 0.1) is 0 Å². The Balaban J connectivity index is 2.61. The smallest absolute Gasteiger partial charge is 0.271 e. The number of nitrogens with zero attached hydrogens (tertiary/aromatic N) is 2. The summed E-state index contributed by atoms with van der Waals surface area (Å²) in [6, 6.07) is 7.67. The highest BCUT2D eigenvalue weighted by molar-refractivity contribution is 5.95. The fraction of sp³-hybridized carbons (Fsp3) is 0.556. The van der Waals surface area contributed by atoms with E-state index in [-0.39, 0.29) is 5.91 Å². The average molecular weight is 303 g/mol. The van der Waals surface area contributed by atoms with E-state index in [1.165, 1.54) is 0 Å². The molecule has 0 aliphatic heterocycles. The fourth-order valence-electron chi connectivity index (χ4n) is 2.18. The molecule has 0 heterocycles. The molecule has 0 bridgehead atoms. The van der Waals surface area contributed by atoms with E-state index in [4.69, 9.17) is 0 Å². The highest BCUT2D eigenvalue weighted by Gasteiger charge is 2.07. The molecule has 1 aromatic rings. The number of amides is 1. The summed E-state index contributed by atoms with van der Waals surface area (Å²) < 4.78 is 0. The minimum absolute atomic E-state index is 0.157. The molecule has 0 aliphatic carbocycles. The topological polar surface area (TPSA) is 44.7 Å². The number of benzene rings is 1. The molecule has 0 saturated carbocycles. The Morgan fingerprint density at radius 3 is 2.27 bits per heavy atom. The van der Waals surface area contributed by atoms with Crippen LogP contribution in [0.3, 0.4) is 0 Å². The Hall–Kier alpha value is -1.84. The molecule has 0 saturated heterocycles. The van der Waals surface area contributed by atoms with Crippen LogP contribution in [0.4, 0.5) is 5.69 Å². The van der Waals surface area contributed by atoms with Gasteiger partial charge in [0.1, 0.15) is 0 Å². The van der Waals surface area contributed by atoms with Crippen molar-refractivity contribution >= 4 is 17.3 Å². The molecule has 22 heavy (non-hydrogen) atoms. The summed E-state index contributed by atoms with van der Waals surface area (Å²) in [5.74, 6) is 0.489. The predicted octanol–water partition coefficient (Wildman–Crippen LogP) is 4.07. The van der Waals surface area contributed by atoms with Crippen LogP contribution >= 0.6 is 0 Å². The zero-order valence-electron chi connectivity index (χ0n) is 14.5. The summed E-state index contributed by atoms with van der Waals surface area (Å²) in [6.45, 7) is 12.5. The molecule has 1 aromatic carbocycles. The molecule has 0 atom stereocenters. The first kappa shape index (κ1) is 18.2. The van der Waals surface area contributed by atoms with E-state index in [9.17, 15) is 4.79 Å². The van der Waals surface area contributed by atoms with Crippen molar-refractivity contribution < 1.29 is 4.79 Å². The van der Waals surface area contributed by atoms with E-state index in [2.05, 4.69) is 43.1 Å². The lowest BCUT2D eigenvalue weighted by Gasteiger charge is -2.20. The standard InChI is InChI=1S/C18H29N3O/c1-6-21(7-2)17-12-10-16(11-13-17)18(22)20-19-15(5)9-8-14(3)4/h10-14H,6-9H2,1-5H3,(H,20,22). The number of rotatable bonds is 8. The average Bonchev–Trinajstić information content (AvgIpc) is 2.52. The van der Waals surface area contributed by atoms with Crippen LogP contribution in [0.2, 0.25) is 0 Å². The van der Waals surface area contributed by atoms with Crippen LogP contribution in [0.15, 0.2) is 29.4 Å². The summed E-state index contributed by atoms with van der Waals surface area (Å²) in [5, 5.41) is 4.17. The number of hydrazone groups is 1. The maximum Gasteiger partial charge on any atom is 0.271 e. The highest BCUT2D eigenvalue weighted by atomic mass is 16.2. The monoisotopic (exact) mass is 303 g/mol. The number of hydrogen-bond donors (Lipinski definition) is 1. The van der Waals surface area contributed by atoms with Crippen molar-refractivity contribution in [2.75, 3.05) is 18.0 Å². The Morgan fingerprint density at radius 1 is 1.18 bits per heavy atom. The lowest BCUT2D eigenvalue weighted by atomic mass is 10.1. The van der Waals surface area contributed by atoms with Crippen LogP contribution in [0, 0.1) is 5.92 Å². The molecule has 0 unspecified atom stereocenters. The van der Waals surface area contributed by atoms with E-state index in [1.807, 2.05) is 31.2 Å². The van der Waals surface area contributed by atoms with E-state index < -0.39 is 0 Å². The normalized spacial score (nSPS) is 11.6. The summed E-state index contributed by atoms with van der Waals surface area (Å²) >= 11 is 0. The number of carbonyl (C=O) groups is 1. The van der Waals surface area contributed by atoms with Gasteiger partial charge in [-0.2, -0.15) is 5.10 Å². The molecule has 0 radical (unpaired) electrons. The fourth-order valence-corrected chi connectivity index (χ4v) is 2.18. The van der Waals surface area contributed by atoms with Crippen LogP contribution in [-0.4, -0.2) is 24.7 Å². The third-order valence-electron chi connectivity index (χ3n) is 3.69. The van der Waals surface area contributed by atoms with Gasteiger partial charge in [0.25, 0.3) is 5.91 Å². The van der Waals surface area contributed by atoms with E-state index in [0.717, 1.165) is 37.3 Å². The van der Waals surface area contributed by atoms with E-state index in [1.54, 1.807) is 0 Å². The predicted molar refractivity (Wildman–Crippen MR) is 94.7 cm³/mol. The Labute approximate surface area is 134 Å². The summed E-state index contributed by atoms with van der Waals surface area (Å²) in [6.07, 6.45) is 2.00. The molecular weight excluding hydrogens is 274 g/mol. The molecule has 0 spiro atoms. The Kier molecular flexibility index (Phi) is 7.64. The lowest BCUT2D eigenvalue weighted by Crippen LogP contribution is -2.22. The molecule has 1 amide bonds. The summed E-state index contributed by atoms with van der Waals surface area (Å²) in [5.41, 5.74) is 5.37. The third kappa shape index (κ3) is 5.88. The largest absolute Gasteiger partial charge is 0.372 e. The Bertz CT molecular complexity index is 488. The minimum Gasteiger partial charge on any atom is -0.372 e. The summed E-state index contributed by atoms with van der Waals surface area (Å²) in [4.78, 5) is 14.3. The molecule has 1 rings (SSSR count). The third-order valence-corrected chi connectivity index (χ3v) is 3.69. The minimum atomic E-state index is -0.157. The van der Waals surface area contributed by atoms with Crippen LogP contribution < -0.4 is 10.3 Å². The summed E-state index contributed by atoms with van der Waals surface area (Å²) in [7, 11) is 0. The molecule has 0 aliphatic rings. The van der Waals surface area contributed by atoms with Gasteiger partial charge in [0.15, 0.2) is 0 Å². The second kappa shape index (κ2) is 9.23. The second-order valence-electron chi connectivity index (χ2n) is 5.94. The van der Waals surface area contributed by atoms with Gasteiger partial charge in [-0.1, -0.05) is 13.8 Å². The molecule has 1 N–H and O–H groups in total. The first-order chi connectivity index (χ1) is 10.5. The maximum atomic E-state index is 12.1. The molecule has 0 aromatic heterocycles. The van der Waals surface area contributed by atoms with Gasteiger partial charge in [-0.25, -0.2) is 5.43 Å². The quantitative estimate of drug-likeness (QED) is 0.581. The second-order valence-corrected chi connectivity index (χ2v) is 5.94. The molecule has 4 nitrogen and oxygen atoms in total. The van der Waals surface area contributed by atoms with Crippen LogP contribution in [-0.2, 0) is 0 Å². The van der Waals surface area contributed by atoms with Crippen molar-refractivity contribution in [3.63, 3.8) is 0 Å². The maximum absolute atomic E-state index is 12.1. The van der Waals surface area contributed by atoms with Crippen LogP contribution in [0.25, 0.3) is 0 Å². The van der Waals surface area contributed by atoms with Crippen molar-refractivity contribution in [3.8, 4) is 0 Å². The first-order valence-corrected chi connectivity index (χ1v) is 8.16. The van der Waals surface area contributed by atoms with Crippen molar-refractivity contribution in [3.05, 3.63) is 29.8 Å². The van der Waals surface area contributed by atoms with Gasteiger partial charge in [-0.15, -0.1) is 0 Å². The van der Waals surface area contributed by atoms with Gasteiger partial charge in [-0.05, 0) is 63.8 Å². The van der Waals surface area contributed by atoms with Gasteiger partial charge < -0.3 is 4.90 Å². The molecule has 0 fully saturated rings. The van der Waals surface area contributed by atoms with Gasteiger partial charge in [-0.3, -0.25) is 4.79 Å². The lowest BCUT2D eigenvalue weighted by molar-refractivity contribution is 0.0954. The Morgan fingerprint density at radius 2 is 1.77 bits per heavy atom. The van der Waals surface area contributed by atoms with E-state index >= 15 is 0 Å². The molecule has 122 valence electrons. The number of nitrogens with one attached hydrogen (secondary N) is 1.